The van der Waals surface area contributed by atoms with Crippen molar-refractivity contribution in [2.75, 3.05) is 0 Å². The molecule has 2 aliphatic rings. The van der Waals surface area contributed by atoms with E-state index in [1.165, 1.54) is 11.6 Å². The molecule has 2 aliphatic heterocycles. The zero-order valence-electron chi connectivity index (χ0n) is 18.8. The number of esters is 1. The topological polar surface area (TPSA) is 111 Å². The van der Waals surface area contributed by atoms with Crippen LogP contribution in [-0.4, -0.2) is 56.4 Å². The predicted octanol–water partition coefficient (Wildman–Crippen LogP) is 2.62. The van der Waals surface area contributed by atoms with Gasteiger partial charge in [-0.15, -0.1) is 5.10 Å². The number of carbonyl (C=O) groups excluding carboxylic acids is 2. The summed E-state index contributed by atoms with van der Waals surface area (Å²) in [4.78, 5) is 27.5. The summed E-state index contributed by atoms with van der Waals surface area (Å²) in [6.07, 6.45) is 0.706. The fourth-order valence-electron chi connectivity index (χ4n) is 4.83. The van der Waals surface area contributed by atoms with Gasteiger partial charge >= 0.3 is 5.97 Å². The van der Waals surface area contributed by atoms with Crippen LogP contribution in [0.5, 0.6) is 0 Å². The second-order valence-electron chi connectivity index (χ2n) is 8.90. The molecular formula is C24H23BrN4O5S. The maximum absolute atomic E-state index is 13.8. The third-order valence-corrected chi connectivity index (χ3v) is 10.0. The molecule has 9 nitrogen and oxygen atoms in total. The van der Waals surface area contributed by atoms with Crippen molar-refractivity contribution in [3.05, 3.63) is 83.7 Å². The van der Waals surface area contributed by atoms with Gasteiger partial charge in [0.15, 0.2) is 22.0 Å². The van der Waals surface area contributed by atoms with Gasteiger partial charge in [-0.3, -0.25) is 9.48 Å². The van der Waals surface area contributed by atoms with E-state index < -0.39 is 38.1 Å². The SMILES string of the molecule is C[C@]1(Cn2cc(CBr)nn2)[C@H](C(=O)OC(c2ccccc2)c2ccccc2)N2C(=O)C[C@H]2S1(=O)=O. The number of ether oxygens (including phenoxy) is 1. The van der Waals surface area contributed by atoms with Crippen LogP contribution < -0.4 is 0 Å². The quantitative estimate of drug-likeness (QED) is 0.249. The Hall–Kier alpha value is -3.05. The zero-order valence-corrected chi connectivity index (χ0v) is 21.2. The second-order valence-corrected chi connectivity index (χ2v) is 12.0. The lowest BCUT2D eigenvalue weighted by molar-refractivity contribution is -0.164. The third-order valence-electron chi connectivity index (χ3n) is 6.67. The molecule has 2 fully saturated rings. The Morgan fingerprint density at radius 1 is 1.14 bits per heavy atom. The van der Waals surface area contributed by atoms with Crippen LogP contribution in [0, 0.1) is 0 Å². The Kier molecular flexibility index (Phi) is 6.00. The first kappa shape index (κ1) is 23.7. The molecule has 0 saturated carbocycles. The highest BCUT2D eigenvalue weighted by atomic mass is 79.9. The minimum Gasteiger partial charge on any atom is -0.451 e. The molecule has 0 unspecified atom stereocenters. The third kappa shape index (κ3) is 3.86. The monoisotopic (exact) mass is 558 g/mol. The average Bonchev–Trinajstić information content (AvgIpc) is 3.36. The van der Waals surface area contributed by atoms with Gasteiger partial charge in [0.05, 0.1) is 18.7 Å². The van der Waals surface area contributed by atoms with E-state index in [1.54, 1.807) is 6.20 Å². The highest BCUT2D eigenvalue weighted by Crippen LogP contribution is 2.47. The first-order valence-electron chi connectivity index (χ1n) is 11.1. The number of carbonyl (C=O) groups is 2. The van der Waals surface area contributed by atoms with E-state index in [-0.39, 0.29) is 18.9 Å². The molecule has 182 valence electrons. The number of β-lactam (4-membered cyclic amide) rings is 1. The molecule has 0 radical (unpaired) electrons. The maximum atomic E-state index is 13.8. The van der Waals surface area contributed by atoms with Gasteiger partial charge in [-0.2, -0.15) is 0 Å². The first-order chi connectivity index (χ1) is 16.8. The lowest BCUT2D eigenvalue weighted by atomic mass is 9.95. The molecule has 1 aromatic heterocycles. The Balaban J connectivity index is 1.53. The standard InChI is InChI=1S/C24H23BrN4O5S/c1-24(15-28-14-18(13-25)26-27-28)22(29-19(30)12-20(29)35(24,32)33)23(31)34-21(16-8-4-2-5-9-16)17-10-6-3-7-11-17/h2-11,14,20-22H,12-13,15H2,1H3/t20-,22+,24+/m1/s1. The summed E-state index contributed by atoms with van der Waals surface area (Å²) in [7, 11) is -3.91. The second kappa shape index (κ2) is 8.87. The van der Waals surface area contributed by atoms with Gasteiger partial charge in [0, 0.05) is 11.5 Å². The van der Waals surface area contributed by atoms with Crippen molar-refractivity contribution < 1.29 is 22.7 Å². The molecule has 1 amide bonds. The molecule has 2 aromatic carbocycles. The molecule has 5 rings (SSSR count). The van der Waals surface area contributed by atoms with Crippen molar-refractivity contribution >= 4 is 37.6 Å². The highest BCUT2D eigenvalue weighted by Gasteiger charge is 2.70. The predicted molar refractivity (Wildman–Crippen MR) is 130 cm³/mol. The Morgan fingerprint density at radius 3 is 2.26 bits per heavy atom. The van der Waals surface area contributed by atoms with Crippen molar-refractivity contribution in [2.45, 2.75) is 47.5 Å². The van der Waals surface area contributed by atoms with E-state index >= 15 is 0 Å². The van der Waals surface area contributed by atoms with Gasteiger partial charge in [0.25, 0.3) is 0 Å². The smallest absolute Gasteiger partial charge is 0.331 e. The number of fused-ring (bicyclic) bond motifs is 1. The molecule has 0 bridgehead atoms. The molecule has 2 saturated heterocycles. The summed E-state index contributed by atoms with van der Waals surface area (Å²) in [5.74, 6) is -1.16. The van der Waals surface area contributed by atoms with Crippen LogP contribution in [0.4, 0.5) is 0 Å². The lowest BCUT2D eigenvalue weighted by Gasteiger charge is -2.37. The number of rotatable bonds is 7. The van der Waals surface area contributed by atoms with Crippen molar-refractivity contribution in [3.63, 3.8) is 0 Å². The zero-order chi connectivity index (χ0) is 24.8. The van der Waals surface area contributed by atoms with Gasteiger partial charge in [0.1, 0.15) is 10.1 Å². The fraction of sp³-hybridized carbons (Fsp3) is 0.333. The van der Waals surface area contributed by atoms with Crippen LogP contribution in [0.2, 0.25) is 0 Å². The van der Waals surface area contributed by atoms with E-state index in [0.717, 1.165) is 16.0 Å². The summed E-state index contributed by atoms with van der Waals surface area (Å²) in [6, 6.07) is 17.1. The number of hydrogen-bond acceptors (Lipinski definition) is 7. The number of hydrogen-bond donors (Lipinski definition) is 0. The summed E-state index contributed by atoms with van der Waals surface area (Å²) < 4.78 is 32.9. The minimum absolute atomic E-state index is 0.142. The van der Waals surface area contributed by atoms with Gasteiger partial charge in [0.2, 0.25) is 5.91 Å². The van der Waals surface area contributed by atoms with Crippen LogP contribution in [0.25, 0.3) is 0 Å². The van der Waals surface area contributed by atoms with Crippen LogP contribution in [-0.2, 0) is 36.0 Å². The van der Waals surface area contributed by atoms with E-state index in [9.17, 15) is 18.0 Å². The van der Waals surface area contributed by atoms with Gasteiger partial charge < -0.3 is 9.64 Å². The highest BCUT2D eigenvalue weighted by molar-refractivity contribution is 9.08. The molecule has 3 aromatic rings. The minimum atomic E-state index is -3.91. The molecule has 35 heavy (non-hydrogen) atoms. The van der Waals surface area contributed by atoms with Crippen molar-refractivity contribution in [3.8, 4) is 0 Å². The van der Waals surface area contributed by atoms with Crippen LogP contribution in [0.1, 0.15) is 36.3 Å². The van der Waals surface area contributed by atoms with E-state index in [1.807, 2.05) is 60.7 Å². The number of sulfone groups is 1. The number of amides is 1. The summed E-state index contributed by atoms with van der Waals surface area (Å²) >= 11 is 3.30. The largest absolute Gasteiger partial charge is 0.451 e. The number of benzene rings is 2. The fourth-order valence-corrected chi connectivity index (χ4v) is 7.45. The van der Waals surface area contributed by atoms with E-state index in [2.05, 4.69) is 26.2 Å². The summed E-state index contributed by atoms with van der Waals surface area (Å²) in [5, 5.41) is 7.41. The van der Waals surface area contributed by atoms with Crippen molar-refractivity contribution in [2.24, 2.45) is 0 Å². The van der Waals surface area contributed by atoms with Crippen molar-refractivity contribution in [1.29, 1.82) is 0 Å². The van der Waals surface area contributed by atoms with E-state index in [4.69, 9.17) is 4.74 Å². The van der Waals surface area contributed by atoms with Gasteiger partial charge in [-0.05, 0) is 18.1 Å². The molecular weight excluding hydrogens is 536 g/mol. The van der Waals surface area contributed by atoms with Crippen LogP contribution in [0.3, 0.4) is 0 Å². The van der Waals surface area contributed by atoms with Crippen molar-refractivity contribution in [1.82, 2.24) is 19.9 Å². The van der Waals surface area contributed by atoms with E-state index in [0.29, 0.717) is 11.0 Å². The Labute approximate surface area is 211 Å². The Morgan fingerprint density at radius 2 is 1.74 bits per heavy atom. The molecule has 3 atom stereocenters. The molecule has 0 spiro atoms. The normalized spacial score (nSPS) is 24.8. The molecule has 3 heterocycles. The number of aromatic nitrogens is 3. The summed E-state index contributed by atoms with van der Waals surface area (Å²) in [6.45, 7) is 1.34. The average molecular weight is 559 g/mol. The number of nitrogens with zero attached hydrogens (tertiary/aromatic N) is 4. The lowest BCUT2D eigenvalue weighted by Crippen LogP contribution is -2.58. The maximum Gasteiger partial charge on any atom is 0.331 e. The molecule has 0 N–H and O–H groups in total. The number of halogens is 1. The van der Waals surface area contributed by atoms with Gasteiger partial charge in [-0.25, -0.2) is 13.2 Å². The Bertz CT molecular complexity index is 1330. The van der Waals surface area contributed by atoms with Crippen LogP contribution >= 0.6 is 15.9 Å². The van der Waals surface area contributed by atoms with Gasteiger partial charge in [-0.1, -0.05) is 81.8 Å². The van der Waals surface area contributed by atoms with Crippen LogP contribution in [0.15, 0.2) is 66.9 Å². The number of alkyl halides is 1. The molecule has 0 aliphatic carbocycles. The summed E-state index contributed by atoms with van der Waals surface area (Å²) in [5.41, 5.74) is 2.09. The first-order valence-corrected chi connectivity index (χ1v) is 13.7. The molecule has 11 heteroatoms.